The summed E-state index contributed by atoms with van der Waals surface area (Å²) in [6, 6.07) is 4.76. The van der Waals surface area contributed by atoms with Crippen LogP contribution in [0.15, 0.2) is 36.8 Å². The SMILES string of the molecule is Cc1c(-c2cnc3[nH]cc([C@H](CF)c4c(Cl)ccc(F)c4Cl)c3c2)cnn1C1CCC(O)CC1. The first-order valence-electron chi connectivity index (χ1n) is 11.3. The Labute approximate surface area is 205 Å². The lowest BCUT2D eigenvalue weighted by Crippen LogP contribution is -2.22. The second-order valence-electron chi connectivity index (χ2n) is 8.88. The Morgan fingerprint density at radius 1 is 1.21 bits per heavy atom. The summed E-state index contributed by atoms with van der Waals surface area (Å²) in [4.78, 5) is 7.61. The van der Waals surface area contributed by atoms with Gasteiger partial charge in [-0.3, -0.25) is 9.07 Å². The molecule has 2 N–H and O–H groups in total. The average Bonchev–Trinajstić information content (AvgIpc) is 3.43. The van der Waals surface area contributed by atoms with Crippen molar-refractivity contribution in [2.45, 2.75) is 50.7 Å². The van der Waals surface area contributed by atoms with Gasteiger partial charge in [-0.15, -0.1) is 0 Å². The standard InChI is InChI=1S/C25H24Cl2F2N4O/c1-13-19(12-32-33(13)15-2-4-16(34)5-3-15)14-8-17-20(11-31-25(17)30-10-14)18(9-28)23-21(26)6-7-22(29)24(23)27/h6-8,10-12,15-16,18,34H,2-5,9H2,1H3,(H,30,31)/t15?,16?,18-/m0/s1. The molecule has 3 heterocycles. The summed E-state index contributed by atoms with van der Waals surface area (Å²) in [7, 11) is 0. The van der Waals surface area contributed by atoms with Crippen molar-refractivity contribution in [2.75, 3.05) is 6.67 Å². The van der Waals surface area contributed by atoms with E-state index in [1.807, 2.05) is 23.9 Å². The van der Waals surface area contributed by atoms with Gasteiger partial charge in [0.05, 0.1) is 23.4 Å². The third kappa shape index (κ3) is 4.00. The fourth-order valence-electron chi connectivity index (χ4n) is 5.01. The van der Waals surface area contributed by atoms with Crippen molar-refractivity contribution in [3.05, 3.63) is 69.5 Å². The Kier molecular flexibility index (Phi) is 6.35. The molecular formula is C25H24Cl2F2N4O. The molecule has 1 aliphatic rings. The number of H-pyrrole nitrogens is 1. The van der Waals surface area contributed by atoms with Gasteiger partial charge in [0.25, 0.3) is 0 Å². The maximum atomic E-state index is 14.3. The summed E-state index contributed by atoms with van der Waals surface area (Å²) in [6.07, 6.45) is 8.34. The predicted octanol–water partition coefficient (Wildman–Crippen LogP) is 6.76. The van der Waals surface area contributed by atoms with Crippen molar-refractivity contribution in [1.29, 1.82) is 0 Å². The number of hydrogen-bond acceptors (Lipinski definition) is 3. The Morgan fingerprint density at radius 2 is 1.97 bits per heavy atom. The maximum Gasteiger partial charge on any atom is 0.142 e. The van der Waals surface area contributed by atoms with Crippen molar-refractivity contribution in [3.8, 4) is 11.1 Å². The van der Waals surface area contributed by atoms with Crippen LogP contribution in [0.1, 0.15) is 54.5 Å². The fraction of sp³-hybridized carbons (Fsp3) is 0.360. The van der Waals surface area contributed by atoms with Gasteiger partial charge in [-0.1, -0.05) is 23.2 Å². The lowest BCUT2D eigenvalue weighted by molar-refractivity contribution is 0.107. The van der Waals surface area contributed by atoms with Crippen molar-refractivity contribution in [1.82, 2.24) is 19.7 Å². The van der Waals surface area contributed by atoms with Crippen LogP contribution in [0.2, 0.25) is 10.0 Å². The minimum absolute atomic E-state index is 0.177. The number of aliphatic hydroxyl groups excluding tert-OH is 1. The van der Waals surface area contributed by atoms with Gasteiger partial charge in [0.15, 0.2) is 0 Å². The molecule has 0 radical (unpaired) electrons. The zero-order valence-corrected chi connectivity index (χ0v) is 20.0. The lowest BCUT2D eigenvalue weighted by atomic mass is 9.91. The molecule has 1 saturated carbocycles. The number of nitrogens with one attached hydrogen (secondary N) is 1. The number of aromatic amines is 1. The largest absolute Gasteiger partial charge is 0.393 e. The lowest BCUT2D eigenvalue weighted by Gasteiger charge is -2.26. The second-order valence-corrected chi connectivity index (χ2v) is 9.66. The van der Waals surface area contributed by atoms with E-state index < -0.39 is 18.4 Å². The number of rotatable bonds is 5. The second kappa shape index (κ2) is 9.29. The number of aliphatic hydroxyl groups is 1. The molecule has 0 spiro atoms. The number of nitrogens with zero attached hydrogens (tertiary/aromatic N) is 3. The van der Waals surface area contributed by atoms with Gasteiger partial charge < -0.3 is 10.1 Å². The molecule has 9 heteroatoms. The minimum atomic E-state index is -0.848. The summed E-state index contributed by atoms with van der Waals surface area (Å²) >= 11 is 12.5. The molecule has 5 rings (SSSR count). The van der Waals surface area contributed by atoms with E-state index in [2.05, 4.69) is 15.1 Å². The Hall–Kier alpha value is -2.48. The number of aromatic nitrogens is 4. The molecule has 1 aliphatic carbocycles. The highest BCUT2D eigenvalue weighted by atomic mass is 35.5. The zero-order valence-electron chi connectivity index (χ0n) is 18.5. The highest BCUT2D eigenvalue weighted by molar-refractivity contribution is 6.36. The molecule has 1 aromatic carbocycles. The van der Waals surface area contributed by atoms with Crippen molar-refractivity contribution < 1.29 is 13.9 Å². The normalized spacial score (nSPS) is 19.6. The molecular weight excluding hydrogens is 481 g/mol. The van der Waals surface area contributed by atoms with Crippen LogP contribution in [-0.4, -0.2) is 37.6 Å². The number of pyridine rings is 1. The third-order valence-electron chi connectivity index (χ3n) is 6.89. The molecule has 1 fully saturated rings. The van der Waals surface area contributed by atoms with Crippen LogP contribution in [0.5, 0.6) is 0 Å². The van der Waals surface area contributed by atoms with Crippen molar-refractivity contribution >= 4 is 34.2 Å². The zero-order chi connectivity index (χ0) is 24.0. The third-order valence-corrected chi connectivity index (χ3v) is 7.60. The van der Waals surface area contributed by atoms with Gasteiger partial charge in [0.1, 0.15) is 18.1 Å². The van der Waals surface area contributed by atoms with Crippen molar-refractivity contribution in [3.63, 3.8) is 0 Å². The molecule has 0 aliphatic heterocycles. The van der Waals surface area contributed by atoms with Gasteiger partial charge in [-0.25, -0.2) is 9.37 Å². The average molecular weight is 505 g/mol. The molecule has 0 amide bonds. The molecule has 0 unspecified atom stereocenters. The summed E-state index contributed by atoms with van der Waals surface area (Å²) in [6.45, 7) is 1.22. The van der Waals surface area contributed by atoms with Gasteiger partial charge in [-0.05, 0) is 56.4 Å². The molecule has 1 atom stereocenters. The molecule has 4 aromatic rings. The van der Waals surface area contributed by atoms with Gasteiger partial charge in [0.2, 0.25) is 0 Å². The van der Waals surface area contributed by atoms with E-state index in [1.165, 1.54) is 12.1 Å². The molecule has 178 valence electrons. The first kappa shape index (κ1) is 23.3. The number of fused-ring (bicyclic) bond motifs is 1. The van der Waals surface area contributed by atoms with Crippen LogP contribution in [-0.2, 0) is 0 Å². The topological polar surface area (TPSA) is 66.7 Å². The molecule has 5 nitrogen and oxygen atoms in total. The number of hydrogen-bond donors (Lipinski definition) is 2. The van der Waals surface area contributed by atoms with Gasteiger partial charge in [0, 0.05) is 51.1 Å². The summed E-state index contributed by atoms with van der Waals surface area (Å²) in [5.74, 6) is -1.49. The van der Waals surface area contributed by atoms with Crippen LogP contribution >= 0.6 is 23.2 Å². The Morgan fingerprint density at radius 3 is 2.71 bits per heavy atom. The monoisotopic (exact) mass is 504 g/mol. The first-order valence-corrected chi connectivity index (χ1v) is 12.0. The van der Waals surface area contributed by atoms with Crippen molar-refractivity contribution in [2.24, 2.45) is 0 Å². The van der Waals surface area contributed by atoms with E-state index in [4.69, 9.17) is 23.2 Å². The highest BCUT2D eigenvalue weighted by Crippen LogP contribution is 2.40. The van der Waals surface area contributed by atoms with Crippen LogP contribution in [0, 0.1) is 12.7 Å². The van der Waals surface area contributed by atoms with E-state index >= 15 is 0 Å². The quantitative estimate of drug-likeness (QED) is 0.295. The summed E-state index contributed by atoms with van der Waals surface area (Å²) in [5, 5.41) is 15.2. The first-order chi connectivity index (χ1) is 16.4. The van der Waals surface area contributed by atoms with E-state index in [9.17, 15) is 13.9 Å². The molecule has 3 aromatic heterocycles. The smallest absolute Gasteiger partial charge is 0.142 e. The van der Waals surface area contributed by atoms with E-state index in [-0.39, 0.29) is 27.8 Å². The number of halogens is 4. The Bertz CT molecular complexity index is 1340. The van der Waals surface area contributed by atoms with Crippen LogP contribution in [0.3, 0.4) is 0 Å². The molecule has 0 saturated heterocycles. The highest BCUT2D eigenvalue weighted by Gasteiger charge is 2.26. The van der Waals surface area contributed by atoms with Crippen LogP contribution < -0.4 is 0 Å². The molecule has 34 heavy (non-hydrogen) atoms. The van der Waals surface area contributed by atoms with Gasteiger partial charge in [-0.2, -0.15) is 5.10 Å². The fourth-order valence-corrected chi connectivity index (χ4v) is 5.65. The summed E-state index contributed by atoms with van der Waals surface area (Å²) < 4.78 is 30.5. The Balaban J connectivity index is 1.55. The number of benzene rings is 1. The van der Waals surface area contributed by atoms with E-state index in [0.29, 0.717) is 16.6 Å². The maximum absolute atomic E-state index is 14.3. The molecule has 0 bridgehead atoms. The van der Waals surface area contributed by atoms with Gasteiger partial charge >= 0.3 is 0 Å². The minimum Gasteiger partial charge on any atom is -0.393 e. The van der Waals surface area contributed by atoms with E-state index in [1.54, 1.807) is 12.4 Å². The number of alkyl halides is 1. The summed E-state index contributed by atoms with van der Waals surface area (Å²) in [5.41, 5.74) is 4.21. The van der Waals surface area contributed by atoms with Crippen LogP contribution in [0.4, 0.5) is 8.78 Å². The predicted molar refractivity (Wildman–Crippen MR) is 130 cm³/mol. The van der Waals surface area contributed by atoms with Crippen LogP contribution in [0.25, 0.3) is 22.2 Å². The van der Waals surface area contributed by atoms with E-state index in [0.717, 1.165) is 42.5 Å².